The van der Waals surface area contributed by atoms with Gasteiger partial charge in [0.2, 0.25) is 11.8 Å². The number of hydrogen-bond donors (Lipinski definition) is 1. The summed E-state index contributed by atoms with van der Waals surface area (Å²) in [5.41, 5.74) is -3.94. The number of urea groups is 1. The van der Waals surface area contributed by atoms with E-state index in [2.05, 4.69) is 15.1 Å². The second-order valence-corrected chi connectivity index (χ2v) is 12.2. The van der Waals surface area contributed by atoms with Gasteiger partial charge in [-0.1, -0.05) is 0 Å². The summed E-state index contributed by atoms with van der Waals surface area (Å²) in [7, 11) is 0. The molecule has 13 heteroatoms. The summed E-state index contributed by atoms with van der Waals surface area (Å²) in [6.07, 6.45) is -4.81. The molecule has 1 aromatic rings. The second kappa shape index (κ2) is 10.3. The number of imide groups is 1. The number of fused-ring (bicyclic) bond motifs is 5. The molecule has 5 rings (SSSR count). The molecule has 2 bridgehead atoms. The molecule has 222 valence electrons. The van der Waals surface area contributed by atoms with E-state index < -0.39 is 52.2 Å². The quantitative estimate of drug-likeness (QED) is 0.536. The van der Waals surface area contributed by atoms with Crippen LogP contribution in [-0.4, -0.2) is 102 Å². The maximum Gasteiger partial charge on any atom is 0.417 e. The van der Waals surface area contributed by atoms with Crippen LogP contribution < -0.4 is 10.2 Å². The number of nitrogens with one attached hydrogen (secondary N) is 1. The number of likely N-dealkylation sites (tertiary alicyclic amines) is 1. The van der Waals surface area contributed by atoms with E-state index >= 15 is 0 Å². The lowest BCUT2D eigenvalue weighted by Crippen LogP contribution is -2.59. The molecule has 4 aliphatic heterocycles. The lowest BCUT2D eigenvalue weighted by atomic mass is 9.79. The molecule has 4 aliphatic rings. The maximum absolute atomic E-state index is 13.7. The maximum atomic E-state index is 13.7. The highest BCUT2D eigenvalue weighted by Crippen LogP contribution is 2.55. The third kappa shape index (κ3) is 5.17. The molecule has 0 saturated carbocycles. The number of rotatable bonds is 5. The van der Waals surface area contributed by atoms with Crippen LogP contribution in [-0.2, 0) is 20.5 Å². The number of halogens is 3. The van der Waals surface area contributed by atoms with Gasteiger partial charge in [0.15, 0.2) is 0 Å². The fourth-order valence-corrected chi connectivity index (χ4v) is 6.98. The Labute approximate surface area is 237 Å². The molecule has 0 unspecified atom stereocenters. The molecule has 4 heterocycles. The number of anilines is 1. The number of alkyl halides is 3. The zero-order valence-corrected chi connectivity index (χ0v) is 23.6. The van der Waals surface area contributed by atoms with E-state index in [1.165, 1.54) is 12.1 Å². The van der Waals surface area contributed by atoms with Crippen molar-refractivity contribution < 1.29 is 32.3 Å². The van der Waals surface area contributed by atoms with E-state index in [1.54, 1.807) is 13.8 Å². The fraction of sp³-hybridized carbons (Fsp3) is 0.643. The normalized spacial score (nSPS) is 30.6. The third-order valence-corrected chi connectivity index (χ3v) is 8.65. The highest BCUT2D eigenvalue weighted by atomic mass is 19.4. The van der Waals surface area contributed by atoms with Crippen LogP contribution >= 0.6 is 0 Å². The van der Waals surface area contributed by atoms with E-state index in [-0.39, 0.29) is 17.8 Å². The average Bonchev–Trinajstić information content (AvgIpc) is 3.26. The van der Waals surface area contributed by atoms with E-state index in [0.717, 1.165) is 30.6 Å². The van der Waals surface area contributed by atoms with Crippen molar-refractivity contribution in [2.45, 2.75) is 51.1 Å². The lowest BCUT2D eigenvalue weighted by molar-refractivity contribution is -0.169. The Kier molecular flexibility index (Phi) is 7.33. The standard InChI is InChI=1S/C28H35F3N6O4/c1-17(2)33-25(40)36-11-9-34(10-12-36)7-8-35-15-26(3)21-22(27(4,16-35)41-26)24(39)37(23(21)38)19-6-5-18(14-32)20(13-19)28(29,30)31/h5-6,13,17,21-22H,7-12,15-16H2,1-4H3,(H,33,40)/t21-,22+,26-,27+. The van der Waals surface area contributed by atoms with Gasteiger partial charge in [0, 0.05) is 58.4 Å². The molecule has 1 aromatic carbocycles. The number of amides is 4. The van der Waals surface area contributed by atoms with Crippen LogP contribution in [0, 0.1) is 23.2 Å². The Morgan fingerprint density at radius 3 is 2.12 bits per heavy atom. The van der Waals surface area contributed by atoms with Crippen LogP contribution in [0.1, 0.15) is 38.8 Å². The first kappa shape index (κ1) is 29.3. The SMILES string of the molecule is CC(C)NC(=O)N1CCN(CCN2C[C@@]3(C)O[C@@](C)(C2)[C@@H]2C(=O)N(c4ccc(C#N)c(C(F)(F)F)c4)C(=O)[C@@H]23)CC1. The molecule has 41 heavy (non-hydrogen) atoms. The molecular weight excluding hydrogens is 541 g/mol. The van der Waals surface area contributed by atoms with Crippen molar-refractivity contribution in [3.8, 4) is 6.07 Å². The largest absolute Gasteiger partial charge is 0.417 e. The Morgan fingerprint density at radius 2 is 1.61 bits per heavy atom. The Morgan fingerprint density at radius 1 is 1.05 bits per heavy atom. The van der Waals surface area contributed by atoms with E-state index in [1.807, 2.05) is 18.7 Å². The molecule has 4 fully saturated rings. The second-order valence-electron chi connectivity index (χ2n) is 12.2. The molecule has 10 nitrogen and oxygen atoms in total. The molecule has 0 aliphatic carbocycles. The summed E-state index contributed by atoms with van der Waals surface area (Å²) in [5.74, 6) is -2.83. The first-order valence-corrected chi connectivity index (χ1v) is 13.9. The van der Waals surface area contributed by atoms with E-state index in [4.69, 9.17) is 10.00 Å². The Hall–Kier alpha value is -3.21. The number of carbonyl (C=O) groups is 3. The van der Waals surface area contributed by atoms with Gasteiger partial charge in [0.1, 0.15) is 0 Å². The topological polar surface area (TPSA) is 109 Å². The van der Waals surface area contributed by atoms with Crippen LogP contribution in [0.2, 0.25) is 0 Å². The molecule has 1 N–H and O–H groups in total. The molecule has 0 spiro atoms. The summed E-state index contributed by atoms with van der Waals surface area (Å²) in [6.45, 7) is 12.4. The van der Waals surface area contributed by atoms with Gasteiger partial charge in [-0.15, -0.1) is 0 Å². The van der Waals surface area contributed by atoms with Crippen molar-refractivity contribution in [1.29, 1.82) is 5.26 Å². The van der Waals surface area contributed by atoms with Crippen LogP contribution in [0.4, 0.5) is 23.7 Å². The predicted molar refractivity (Wildman–Crippen MR) is 142 cm³/mol. The summed E-state index contributed by atoms with van der Waals surface area (Å²) < 4.78 is 47.2. The molecule has 0 aromatic heterocycles. The smallest absolute Gasteiger partial charge is 0.365 e. The predicted octanol–water partition coefficient (Wildman–Crippen LogP) is 2.28. The van der Waals surface area contributed by atoms with Gasteiger partial charge < -0.3 is 15.0 Å². The van der Waals surface area contributed by atoms with Crippen molar-refractivity contribution >= 4 is 23.5 Å². The van der Waals surface area contributed by atoms with Gasteiger partial charge in [-0.05, 0) is 45.9 Å². The number of hydrogen-bond acceptors (Lipinski definition) is 7. The molecular formula is C28H35F3N6O4. The van der Waals surface area contributed by atoms with Gasteiger partial charge in [-0.2, -0.15) is 18.4 Å². The monoisotopic (exact) mass is 576 g/mol. The van der Waals surface area contributed by atoms with Crippen LogP contribution in [0.3, 0.4) is 0 Å². The first-order valence-electron chi connectivity index (χ1n) is 13.9. The lowest BCUT2D eigenvalue weighted by Gasteiger charge is -2.45. The van der Waals surface area contributed by atoms with E-state index in [9.17, 15) is 27.6 Å². The zero-order valence-electron chi connectivity index (χ0n) is 23.6. The van der Waals surface area contributed by atoms with Crippen LogP contribution in [0.5, 0.6) is 0 Å². The number of nitrogens with zero attached hydrogens (tertiary/aromatic N) is 5. The first-order chi connectivity index (χ1) is 19.2. The van der Waals surface area contributed by atoms with Gasteiger partial charge in [0.25, 0.3) is 0 Å². The average molecular weight is 577 g/mol. The number of morpholine rings is 1. The number of ether oxygens (including phenoxy) is 1. The number of benzene rings is 1. The zero-order chi connectivity index (χ0) is 29.9. The van der Waals surface area contributed by atoms with Crippen molar-refractivity contribution in [1.82, 2.24) is 20.0 Å². The molecule has 4 saturated heterocycles. The van der Waals surface area contributed by atoms with Crippen LogP contribution in [0.15, 0.2) is 18.2 Å². The van der Waals surface area contributed by atoms with Crippen molar-refractivity contribution in [3.63, 3.8) is 0 Å². The van der Waals surface area contributed by atoms with Crippen molar-refractivity contribution in [2.24, 2.45) is 11.8 Å². The van der Waals surface area contributed by atoms with Crippen molar-refractivity contribution in [3.05, 3.63) is 29.3 Å². The summed E-state index contributed by atoms with van der Waals surface area (Å²) in [5, 5.41) is 12.0. The summed E-state index contributed by atoms with van der Waals surface area (Å²) in [6, 6.07) is 4.45. The van der Waals surface area contributed by atoms with Crippen molar-refractivity contribution in [2.75, 3.05) is 57.3 Å². The van der Waals surface area contributed by atoms with Gasteiger partial charge in [-0.3, -0.25) is 19.4 Å². The van der Waals surface area contributed by atoms with Crippen LogP contribution in [0.25, 0.3) is 0 Å². The molecule has 4 atom stereocenters. The highest BCUT2D eigenvalue weighted by Gasteiger charge is 2.71. The van der Waals surface area contributed by atoms with Gasteiger partial charge in [0.05, 0.1) is 45.9 Å². The fourth-order valence-electron chi connectivity index (χ4n) is 6.98. The number of carbonyl (C=O) groups excluding carboxylic acids is 3. The minimum absolute atomic E-state index is 0.0594. The van der Waals surface area contributed by atoms with E-state index in [0.29, 0.717) is 38.8 Å². The third-order valence-electron chi connectivity index (χ3n) is 8.65. The minimum atomic E-state index is -4.81. The Bertz CT molecular complexity index is 1250. The summed E-state index contributed by atoms with van der Waals surface area (Å²) >= 11 is 0. The van der Waals surface area contributed by atoms with Gasteiger partial charge in [-0.25, -0.2) is 9.69 Å². The highest BCUT2D eigenvalue weighted by molar-refractivity contribution is 6.23. The molecule has 4 amide bonds. The molecule has 0 radical (unpaired) electrons. The Balaban J connectivity index is 1.27. The number of nitriles is 1. The summed E-state index contributed by atoms with van der Waals surface area (Å²) in [4.78, 5) is 46.8. The van der Waals surface area contributed by atoms with Gasteiger partial charge >= 0.3 is 12.2 Å². The minimum Gasteiger partial charge on any atom is -0.365 e. The number of piperazine rings is 1.